The summed E-state index contributed by atoms with van der Waals surface area (Å²) >= 11 is 1.72. The molecule has 0 saturated carbocycles. The summed E-state index contributed by atoms with van der Waals surface area (Å²) in [6.07, 6.45) is 5.79. The predicted octanol–water partition coefficient (Wildman–Crippen LogP) is 2.47. The zero-order valence-electron chi connectivity index (χ0n) is 13.4. The molecule has 3 aromatic rings. The fourth-order valence-electron chi connectivity index (χ4n) is 3.20. The van der Waals surface area contributed by atoms with Gasteiger partial charge in [-0.05, 0) is 19.9 Å². The SMILES string of the molecule is Cc1nc(CN2CCn3c(Cn4cccn4)cnc3C2C)cs1. The van der Waals surface area contributed by atoms with Gasteiger partial charge in [0.1, 0.15) is 5.82 Å². The molecule has 0 spiro atoms. The Labute approximate surface area is 139 Å². The smallest absolute Gasteiger partial charge is 0.126 e. The Bertz CT molecular complexity index is 787. The van der Waals surface area contributed by atoms with E-state index in [0.717, 1.165) is 42.7 Å². The van der Waals surface area contributed by atoms with Gasteiger partial charge in [0, 0.05) is 37.4 Å². The predicted molar refractivity (Wildman–Crippen MR) is 89.2 cm³/mol. The molecule has 4 heterocycles. The lowest BCUT2D eigenvalue weighted by molar-refractivity contribution is 0.153. The third kappa shape index (κ3) is 2.82. The zero-order chi connectivity index (χ0) is 15.8. The summed E-state index contributed by atoms with van der Waals surface area (Å²) in [6, 6.07) is 2.25. The third-order valence-electron chi connectivity index (χ3n) is 4.42. The summed E-state index contributed by atoms with van der Waals surface area (Å²) in [5.74, 6) is 1.14. The van der Waals surface area contributed by atoms with E-state index in [1.807, 2.05) is 29.3 Å². The van der Waals surface area contributed by atoms with Crippen LogP contribution >= 0.6 is 11.3 Å². The third-order valence-corrected chi connectivity index (χ3v) is 5.24. The molecule has 0 aliphatic carbocycles. The number of aryl methyl sites for hydroxylation is 1. The number of nitrogens with zero attached hydrogens (tertiary/aromatic N) is 6. The molecule has 0 radical (unpaired) electrons. The molecule has 1 aliphatic rings. The molecule has 0 N–H and O–H groups in total. The van der Waals surface area contributed by atoms with Crippen LogP contribution in [0, 0.1) is 6.92 Å². The van der Waals surface area contributed by atoms with Crippen LogP contribution in [0.25, 0.3) is 0 Å². The van der Waals surface area contributed by atoms with Gasteiger partial charge in [0.05, 0.1) is 35.2 Å². The van der Waals surface area contributed by atoms with Crippen LogP contribution in [-0.2, 0) is 19.6 Å². The first kappa shape index (κ1) is 14.6. The summed E-state index contributed by atoms with van der Waals surface area (Å²) in [6.45, 7) is 7.95. The fraction of sp³-hybridized carbons (Fsp3) is 0.438. The van der Waals surface area contributed by atoms with Crippen molar-refractivity contribution in [3.63, 3.8) is 0 Å². The van der Waals surface area contributed by atoms with E-state index in [4.69, 9.17) is 0 Å². The minimum absolute atomic E-state index is 0.303. The quantitative estimate of drug-likeness (QED) is 0.738. The topological polar surface area (TPSA) is 51.8 Å². The summed E-state index contributed by atoms with van der Waals surface area (Å²) < 4.78 is 4.29. The van der Waals surface area contributed by atoms with Gasteiger partial charge in [-0.15, -0.1) is 11.3 Å². The molecular weight excluding hydrogens is 308 g/mol. The molecule has 0 aromatic carbocycles. The summed E-state index contributed by atoms with van der Waals surface area (Å²) in [4.78, 5) is 11.7. The minimum Gasteiger partial charge on any atom is -0.328 e. The van der Waals surface area contributed by atoms with E-state index in [1.54, 1.807) is 11.3 Å². The Morgan fingerprint density at radius 3 is 2.96 bits per heavy atom. The van der Waals surface area contributed by atoms with Crippen molar-refractivity contribution >= 4 is 11.3 Å². The highest BCUT2D eigenvalue weighted by Crippen LogP contribution is 2.27. The van der Waals surface area contributed by atoms with Crippen LogP contribution in [0.4, 0.5) is 0 Å². The van der Waals surface area contributed by atoms with Crippen LogP contribution in [0.1, 0.15) is 35.2 Å². The molecule has 1 unspecified atom stereocenters. The maximum absolute atomic E-state index is 4.68. The van der Waals surface area contributed by atoms with Gasteiger partial charge in [-0.3, -0.25) is 9.58 Å². The summed E-state index contributed by atoms with van der Waals surface area (Å²) in [5.41, 5.74) is 2.39. The molecule has 0 bridgehead atoms. The number of rotatable bonds is 4. The minimum atomic E-state index is 0.303. The van der Waals surface area contributed by atoms with Crippen molar-refractivity contribution in [2.24, 2.45) is 0 Å². The van der Waals surface area contributed by atoms with Gasteiger partial charge >= 0.3 is 0 Å². The Morgan fingerprint density at radius 2 is 2.22 bits per heavy atom. The van der Waals surface area contributed by atoms with Gasteiger partial charge in [0.15, 0.2) is 0 Å². The lowest BCUT2D eigenvalue weighted by atomic mass is 10.2. The van der Waals surface area contributed by atoms with Crippen molar-refractivity contribution in [3.05, 3.63) is 52.3 Å². The van der Waals surface area contributed by atoms with E-state index in [1.165, 1.54) is 5.69 Å². The molecule has 6 nitrogen and oxygen atoms in total. The lowest BCUT2D eigenvalue weighted by Crippen LogP contribution is -2.37. The van der Waals surface area contributed by atoms with Crippen molar-refractivity contribution in [1.29, 1.82) is 0 Å². The Hall–Kier alpha value is -1.99. The molecular formula is C16H20N6S. The Morgan fingerprint density at radius 1 is 1.30 bits per heavy atom. The zero-order valence-corrected chi connectivity index (χ0v) is 14.2. The van der Waals surface area contributed by atoms with Gasteiger partial charge in [-0.25, -0.2) is 9.97 Å². The first-order valence-electron chi connectivity index (χ1n) is 7.87. The molecule has 4 rings (SSSR count). The van der Waals surface area contributed by atoms with E-state index in [-0.39, 0.29) is 0 Å². The van der Waals surface area contributed by atoms with Gasteiger partial charge < -0.3 is 4.57 Å². The van der Waals surface area contributed by atoms with E-state index >= 15 is 0 Å². The molecule has 0 saturated heterocycles. The number of hydrogen-bond acceptors (Lipinski definition) is 5. The second-order valence-electron chi connectivity index (χ2n) is 5.97. The molecule has 0 amide bonds. The number of imidazole rings is 1. The fourth-order valence-corrected chi connectivity index (χ4v) is 3.80. The number of fused-ring (bicyclic) bond motifs is 1. The van der Waals surface area contributed by atoms with Crippen molar-refractivity contribution in [1.82, 2.24) is 29.2 Å². The van der Waals surface area contributed by atoms with Gasteiger partial charge in [-0.2, -0.15) is 5.10 Å². The van der Waals surface area contributed by atoms with Gasteiger partial charge in [0.2, 0.25) is 0 Å². The normalized spacial score (nSPS) is 18.3. The number of aromatic nitrogens is 5. The lowest BCUT2D eigenvalue weighted by Gasteiger charge is -2.33. The van der Waals surface area contributed by atoms with Crippen molar-refractivity contribution in [2.45, 2.75) is 39.5 Å². The maximum atomic E-state index is 4.68. The highest BCUT2D eigenvalue weighted by molar-refractivity contribution is 7.09. The molecule has 7 heteroatoms. The first-order chi connectivity index (χ1) is 11.2. The molecule has 0 fully saturated rings. The van der Waals surface area contributed by atoms with Gasteiger partial charge in [-0.1, -0.05) is 0 Å². The van der Waals surface area contributed by atoms with Crippen LogP contribution < -0.4 is 0 Å². The first-order valence-corrected chi connectivity index (χ1v) is 8.75. The highest BCUT2D eigenvalue weighted by atomic mass is 32.1. The average molecular weight is 328 g/mol. The van der Waals surface area contributed by atoms with Crippen molar-refractivity contribution in [3.8, 4) is 0 Å². The van der Waals surface area contributed by atoms with Crippen LogP contribution in [0.15, 0.2) is 30.0 Å². The monoisotopic (exact) mass is 328 g/mol. The largest absolute Gasteiger partial charge is 0.328 e. The second-order valence-corrected chi connectivity index (χ2v) is 7.03. The number of hydrogen-bond donors (Lipinski definition) is 0. The standard InChI is InChI=1S/C16H20N6S/c1-12-16-17-8-15(10-21-5-3-4-18-21)22(16)7-6-20(12)9-14-11-23-13(2)19-14/h3-5,8,11-12H,6-7,9-10H2,1-2H3. The molecule has 1 atom stereocenters. The molecule has 1 aliphatic heterocycles. The van der Waals surface area contributed by atoms with Crippen LogP contribution in [0.2, 0.25) is 0 Å². The summed E-state index contributed by atoms with van der Waals surface area (Å²) in [5, 5.41) is 7.58. The van der Waals surface area contributed by atoms with Crippen LogP contribution in [0.5, 0.6) is 0 Å². The maximum Gasteiger partial charge on any atom is 0.126 e. The molecule has 23 heavy (non-hydrogen) atoms. The van der Waals surface area contributed by atoms with Crippen molar-refractivity contribution < 1.29 is 0 Å². The average Bonchev–Trinajstić information content (AvgIpc) is 3.25. The van der Waals surface area contributed by atoms with E-state index in [2.05, 4.69) is 43.8 Å². The highest BCUT2D eigenvalue weighted by Gasteiger charge is 2.27. The van der Waals surface area contributed by atoms with Crippen LogP contribution in [0.3, 0.4) is 0 Å². The molecule has 120 valence electrons. The number of thiazole rings is 1. The van der Waals surface area contributed by atoms with E-state index in [0.29, 0.717) is 6.04 Å². The summed E-state index contributed by atoms with van der Waals surface area (Å²) in [7, 11) is 0. The van der Waals surface area contributed by atoms with E-state index in [9.17, 15) is 0 Å². The van der Waals surface area contributed by atoms with Crippen molar-refractivity contribution in [2.75, 3.05) is 6.54 Å². The van der Waals surface area contributed by atoms with E-state index < -0.39 is 0 Å². The second kappa shape index (κ2) is 5.90. The van der Waals surface area contributed by atoms with Gasteiger partial charge in [0.25, 0.3) is 0 Å². The Balaban J connectivity index is 1.53. The van der Waals surface area contributed by atoms with Crippen LogP contribution in [-0.4, -0.2) is 35.8 Å². The molecule has 3 aromatic heterocycles. The Kier molecular flexibility index (Phi) is 3.74.